The van der Waals surface area contributed by atoms with Gasteiger partial charge in [-0.2, -0.15) is 26.3 Å². The first-order valence-electron chi connectivity index (χ1n) is 5.26. The van der Waals surface area contributed by atoms with Gasteiger partial charge in [0, 0.05) is 0 Å². The molecule has 8 heteroatoms. The summed E-state index contributed by atoms with van der Waals surface area (Å²) in [6.07, 6.45) is -11.0. The van der Waals surface area contributed by atoms with Crippen LogP contribution in [-0.4, -0.2) is 25.7 Å². The second kappa shape index (κ2) is 4.99. The van der Waals surface area contributed by atoms with E-state index in [1.54, 1.807) is 0 Å². The van der Waals surface area contributed by atoms with Gasteiger partial charge in [0.25, 0.3) is 0 Å². The highest BCUT2D eigenvalue weighted by Gasteiger charge is 2.68. The summed E-state index contributed by atoms with van der Waals surface area (Å²) >= 11 is 0. The number of ether oxygens (including phenoxy) is 1. The van der Waals surface area contributed by atoms with E-state index in [2.05, 4.69) is 4.74 Å². The first-order chi connectivity index (χ1) is 8.99. The van der Waals surface area contributed by atoms with Crippen LogP contribution in [0.2, 0.25) is 0 Å². The molecule has 1 rings (SSSR count). The lowest BCUT2D eigenvalue weighted by molar-refractivity contribution is -0.297. The van der Waals surface area contributed by atoms with Crippen molar-refractivity contribution in [1.29, 1.82) is 0 Å². The molecule has 20 heavy (non-hydrogen) atoms. The van der Waals surface area contributed by atoms with Crippen LogP contribution in [0.25, 0.3) is 0 Å². The van der Waals surface area contributed by atoms with E-state index in [4.69, 9.17) is 0 Å². The minimum atomic E-state index is -5.56. The summed E-state index contributed by atoms with van der Waals surface area (Å²) in [5.74, 6) is -0.101. The van der Waals surface area contributed by atoms with Crippen LogP contribution in [0.5, 0.6) is 5.75 Å². The van der Waals surface area contributed by atoms with E-state index in [-0.39, 0.29) is 24.5 Å². The van der Waals surface area contributed by atoms with E-state index in [0.717, 1.165) is 13.2 Å². The fraction of sp³-hybridized carbons (Fsp3) is 0.417. The van der Waals surface area contributed by atoms with Crippen LogP contribution < -0.4 is 4.74 Å². The van der Waals surface area contributed by atoms with E-state index < -0.39 is 23.3 Å². The number of hydrogen-bond acceptors (Lipinski definition) is 2. The van der Waals surface area contributed by atoms with E-state index in [1.807, 2.05) is 0 Å². The molecule has 0 aliphatic heterocycles. The van der Waals surface area contributed by atoms with Gasteiger partial charge in [0.15, 0.2) is 11.7 Å². The molecule has 112 valence electrons. The van der Waals surface area contributed by atoms with Crippen LogP contribution in [0.3, 0.4) is 0 Å². The highest BCUT2D eigenvalue weighted by Crippen LogP contribution is 2.52. The Morgan fingerprint density at radius 1 is 1.05 bits per heavy atom. The van der Waals surface area contributed by atoms with Crippen LogP contribution in [-0.2, 0) is 5.41 Å². The van der Waals surface area contributed by atoms with Crippen LogP contribution >= 0.6 is 0 Å². The second-order valence-corrected chi connectivity index (χ2v) is 4.20. The number of carbonyl (C=O) groups excluding carboxylic acids is 1. The zero-order chi connectivity index (χ0) is 15.8. The molecule has 0 N–H and O–H groups in total. The summed E-state index contributed by atoms with van der Waals surface area (Å²) in [7, 11) is 1.15. The fourth-order valence-electron chi connectivity index (χ4n) is 1.63. The lowest BCUT2D eigenvalue weighted by atomic mass is 9.80. The lowest BCUT2D eigenvalue weighted by Crippen LogP contribution is -2.51. The highest BCUT2D eigenvalue weighted by atomic mass is 19.4. The first-order valence-corrected chi connectivity index (χ1v) is 5.26. The Balaban J connectivity index is 3.56. The van der Waals surface area contributed by atoms with E-state index in [0.29, 0.717) is 12.1 Å². The zero-order valence-corrected chi connectivity index (χ0v) is 10.4. The molecule has 0 spiro atoms. The van der Waals surface area contributed by atoms with Crippen LogP contribution in [0.15, 0.2) is 18.2 Å². The molecular weight excluding hydrogens is 290 g/mol. The molecular formula is C12H10F6O2. The van der Waals surface area contributed by atoms with Gasteiger partial charge >= 0.3 is 12.4 Å². The Morgan fingerprint density at radius 2 is 1.55 bits per heavy atom. The van der Waals surface area contributed by atoms with Crippen molar-refractivity contribution >= 4 is 6.29 Å². The van der Waals surface area contributed by atoms with Crippen molar-refractivity contribution < 1.29 is 35.9 Å². The summed E-state index contributed by atoms with van der Waals surface area (Å²) in [5.41, 5.74) is -5.52. The molecule has 0 unspecified atom stereocenters. The van der Waals surface area contributed by atoms with E-state index in [9.17, 15) is 31.1 Å². The fourth-order valence-corrected chi connectivity index (χ4v) is 1.63. The molecule has 0 saturated heterocycles. The molecule has 1 aromatic rings. The Bertz CT molecular complexity index is 490. The molecule has 0 aliphatic rings. The minimum absolute atomic E-state index is 0.0311. The van der Waals surface area contributed by atoms with E-state index >= 15 is 0 Å². The first kappa shape index (κ1) is 16.3. The Kier molecular flexibility index (Phi) is 4.07. The van der Waals surface area contributed by atoms with Crippen molar-refractivity contribution in [3.05, 3.63) is 29.3 Å². The summed E-state index contributed by atoms with van der Waals surface area (Å²) < 4.78 is 81.9. The number of halogens is 6. The second-order valence-electron chi connectivity index (χ2n) is 4.20. The monoisotopic (exact) mass is 300 g/mol. The summed E-state index contributed by atoms with van der Waals surface area (Å²) in [4.78, 5) is 10.7. The average molecular weight is 300 g/mol. The topological polar surface area (TPSA) is 26.3 Å². The van der Waals surface area contributed by atoms with Gasteiger partial charge in [0.1, 0.15) is 5.75 Å². The third-order valence-corrected chi connectivity index (χ3v) is 3.07. The summed E-state index contributed by atoms with van der Waals surface area (Å²) in [6.45, 7) is 0.0311. The number of rotatable bonds is 3. The number of carbonyl (C=O) groups is 1. The maximum absolute atomic E-state index is 12.9. The number of benzene rings is 1. The summed E-state index contributed by atoms with van der Waals surface area (Å²) in [6, 6.07) is 2.08. The van der Waals surface area contributed by atoms with Gasteiger partial charge in [-0.3, -0.25) is 4.79 Å². The lowest BCUT2D eigenvalue weighted by Gasteiger charge is -2.34. The largest absolute Gasteiger partial charge is 0.496 e. The van der Waals surface area contributed by atoms with Crippen LogP contribution in [0, 0.1) is 0 Å². The average Bonchev–Trinajstić information content (AvgIpc) is 2.34. The molecule has 0 fully saturated rings. The normalized spacial score (nSPS) is 13.2. The van der Waals surface area contributed by atoms with Crippen LogP contribution in [0.1, 0.15) is 22.8 Å². The Morgan fingerprint density at radius 3 is 1.90 bits per heavy atom. The molecule has 0 radical (unpaired) electrons. The van der Waals surface area contributed by atoms with Gasteiger partial charge in [-0.15, -0.1) is 0 Å². The van der Waals surface area contributed by atoms with E-state index in [1.165, 1.54) is 0 Å². The molecule has 0 atom stereocenters. The third kappa shape index (κ3) is 2.46. The molecule has 0 saturated carbocycles. The predicted octanol–water partition coefficient (Wildman–Crippen LogP) is 3.89. The van der Waals surface area contributed by atoms with Crippen molar-refractivity contribution in [2.45, 2.75) is 24.7 Å². The van der Waals surface area contributed by atoms with Crippen molar-refractivity contribution in [2.75, 3.05) is 7.11 Å². The SMILES string of the molecule is COc1ccc(C(C)(C(F)(F)F)C(F)(F)F)cc1C=O. The van der Waals surface area contributed by atoms with Gasteiger partial charge < -0.3 is 4.74 Å². The molecule has 2 nitrogen and oxygen atoms in total. The van der Waals surface area contributed by atoms with Crippen molar-refractivity contribution in [3.8, 4) is 5.75 Å². The quantitative estimate of drug-likeness (QED) is 0.625. The standard InChI is InChI=1S/C12H10F6O2/c1-10(11(13,14)15,12(16,17)18)8-3-4-9(20-2)7(5-8)6-19/h3-6H,1-2H3. The Hall–Kier alpha value is -1.73. The summed E-state index contributed by atoms with van der Waals surface area (Å²) in [5, 5.41) is 0. The minimum Gasteiger partial charge on any atom is -0.496 e. The van der Waals surface area contributed by atoms with Crippen LogP contribution in [0.4, 0.5) is 26.3 Å². The molecule has 0 amide bonds. The molecule has 0 bridgehead atoms. The van der Waals surface area contributed by atoms with Gasteiger partial charge in [-0.1, -0.05) is 6.07 Å². The zero-order valence-electron chi connectivity index (χ0n) is 10.4. The molecule has 0 aliphatic carbocycles. The smallest absolute Gasteiger partial charge is 0.406 e. The van der Waals surface area contributed by atoms with Gasteiger partial charge in [0.2, 0.25) is 0 Å². The van der Waals surface area contributed by atoms with Crippen molar-refractivity contribution in [2.24, 2.45) is 0 Å². The molecule has 1 aromatic carbocycles. The highest BCUT2D eigenvalue weighted by molar-refractivity contribution is 5.79. The molecule has 0 aromatic heterocycles. The number of aldehydes is 1. The third-order valence-electron chi connectivity index (χ3n) is 3.07. The number of methoxy groups -OCH3 is 1. The predicted molar refractivity (Wildman–Crippen MR) is 57.8 cm³/mol. The van der Waals surface area contributed by atoms with Gasteiger partial charge in [-0.25, -0.2) is 0 Å². The maximum Gasteiger partial charge on any atom is 0.406 e. The van der Waals surface area contributed by atoms with Crippen molar-refractivity contribution in [1.82, 2.24) is 0 Å². The number of hydrogen-bond donors (Lipinski definition) is 0. The van der Waals surface area contributed by atoms with Gasteiger partial charge in [0.05, 0.1) is 12.7 Å². The molecule has 0 heterocycles. The Labute approximate surface area is 110 Å². The maximum atomic E-state index is 12.9. The number of alkyl halides is 6. The van der Waals surface area contributed by atoms with Gasteiger partial charge in [-0.05, 0) is 24.6 Å². The van der Waals surface area contributed by atoms with Crippen molar-refractivity contribution in [3.63, 3.8) is 0 Å².